The number of hydrogen-bond acceptors (Lipinski definition) is 6. The molecule has 0 spiro atoms. The predicted octanol–water partition coefficient (Wildman–Crippen LogP) is 2.70. The van der Waals surface area contributed by atoms with Crippen LogP contribution in [0.2, 0.25) is 0 Å². The van der Waals surface area contributed by atoms with Crippen LogP contribution in [0.25, 0.3) is 0 Å². The second-order valence-electron chi connectivity index (χ2n) is 4.43. The number of alkyl halides is 3. The van der Waals surface area contributed by atoms with Gasteiger partial charge >= 0.3 is 6.18 Å². The van der Waals surface area contributed by atoms with Crippen LogP contribution in [-0.2, 0) is 16.0 Å². The Morgan fingerprint density at radius 1 is 1.09 bits per heavy atom. The van der Waals surface area contributed by atoms with E-state index in [0.717, 1.165) is 30.5 Å². The van der Waals surface area contributed by atoms with Crippen molar-refractivity contribution in [3.63, 3.8) is 0 Å². The molecule has 0 saturated heterocycles. The third-order valence-electron chi connectivity index (χ3n) is 2.58. The zero-order valence-electron chi connectivity index (χ0n) is 12.0. The Morgan fingerprint density at radius 2 is 1.74 bits per heavy atom. The van der Waals surface area contributed by atoms with Crippen molar-refractivity contribution in [2.75, 3.05) is 13.4 Å². The van der Waals surface area contributed by atoms with Crippen molar-refractivity contribution in [2.45, 2.75) is 11.3 Å². The summed E-state index contributed by atoms with van der Waals surface area (Å²) < 4.78 is 71.0. The number of hydrogen-bond donors (Lipinski definition) is 0. The van der Waals surface area contributed by atoms with Gasteiger partial charge in [-0.15, -0.1) is 0 Å². The van der Waals surface area contributed by atoms with Gasteiger partial charge in [0.2, 0.25) is 21.6 Å². The highest BCUT2D eigenvalue weighted by Crippen LogP contribution is 2.32. The van der Waals surface area contributed by atoms with Crippen LogP contribution in [0.5, 0.6) is 17.5 Å². The fourth-order valence-electron chi connectivity index (χ4n) is 1.56. The first-order valence-electron chi connectivity index (χ1n) is 6.08. The molecular weight excluding hydrogens is 337 g/mol. The van der Waals surface area contributed by atoms with E-state index in [1.165, 1.54) is 13.2 Å². The quantitative estimate of drug-likeness (QED) is 0.791. The molecule has 2 aromatic rings. The average molecular weight is 348 g/mol. The van der Waals surface area contributed by atoms with Crippen LogP contribution in [-0.4, -0.2) is 31.8 Å². The molecule has 0 aliphatic heterocycles. The van der Waals surface area contributed by atoms with Gasteiger partial charge in [0, 0.05) is 6.26 Å². The average Bonchev–Trinajstić information content (AvgIpc) is 2.45. The van der Waals surface area contributed by atoms with Crippen molar-refractivity contribution in [2.24, 2.45) is 0 Å². The number of benzene rings is 1. The van der Waals surface area contributed by atoms with Gasteiger partial charge in [0.25, 0.3) is 5.16 Å². The first kappa shape index (κ1) is 17.0. The molecule has 0 saturated carbocycles. The van der Waals surface area contributed by atoms with Crippen LogP contribution in [0, 0.1) is 0 Å². The van der Waals surface area contributed by atoms with E-state index in [1.807, 2.05) is 0 Å². The van der Waals surface area contributed by atoms with Crippen LogP contribution < -0.4 is 9.47 Å². The van der Waals surface area contributed by atoms with E-state index in [4.69, 9.17) is 9.47 Å². The topological polar surface area (TPSA) is 78.4 Å². The second kappa shape index (κ2) is 6.03. The SMILES string of the molecule is COc1cc(Oc2cccc(C(F)(F)F)c2)nc(S(C)(=O)=O)n1. The predicted molar refractivity (Wildman–Crippen MR) is 73.2 cm³/mol. The summed E-state index contributed by atoms with van der Waals surface area (Å²) in [4.78, 5) is 7.30. The van der Waals surface area contributed by atoms with E-state index >= 15 is 0 Å². The molecule has 6 nitrogen and oxygen atoms in total. The van der Waals surface area contributed by atoms with E-state index in [-0.39, 0.29) is 17.5 Å². The van der Waals surface area contributed by atoms with Crippen molar-refractivity contribution in [1.82, 2.24) is 9.97 Å². The van der Waals surface area contributed by atoms with Crippen LogP contribution in [0.1, 0.15) is 5.56 Å². The van der Waals surface area contributed by atoms with Crippen molar-refractivity contribution in [3.05, 3.63) is 35.9 Å². The number of ether oxygens (including phenoxy) is 2. The van der Waals surface area contributed by atoms with Gasteiger partial charge < -0.3 is 9.47 Å². The molecule has 0 radical (unpaired) electrons. The summed E-state index contributed by atoms with van der Waals surface area (Å²) in [6, 6.07) is 5.26. The zero-order valence-corrected chi connectivity index (χ0v) is 12.8. The van der Waals surface area contributed by atoms with Gasteiger partial charge in [-0.1, -0.05) is 6.07 Å². The normalized spacial score (nSPS) is 12.0. The maximum absolute atomic E-state index is 12.7. The Labute approximate surface area is 129 Å². The summed E-state index contributed by atoms with van der Waals surface area (Å²) in [5.74, 6) is -0.501. The minimum atomic E-state index is -4.53. The largest absolute Gasteiger partial charge is 0.481 e. The van der Waals surface area contributed by atoms with E-state index in [2.05, 4.69) is 9.97 Å². The van der Waals surface area contributed by atoms with E-state index in [1.54, 1.807) is 0 Å². The fraction of sp³-hybridized carbons (Fsp3) is 0.231. The molecule has 0 atom stereocenters. The Bertz CT molecular complexity index is 822. The van der Waals surface area contributed by atoms with Crippen LogP contribution in [0.15, 0.2) is 35.5 Å². The molecule has 0 unspecified atom stereocenters. The van der Waals surface area contributed by atoms with Crippen molar-refractivity contribution < 1.29 is 31.1 Å². The van der Waals surface area contributed by atoms with Crippen molar-refractivity contribution >= 4 is 9.84 Å². The van der Waals surface area contributed by atoms with Gasteiger partial charge in [0.05, 0.1) is 18.7 Å². The minimum absolute atomic E-state index is 0.0950. The molecule has 124 valence electrons. The molecule has 0 bridgehead atoms. The smallest absolute Gasteiger partial charge is 0.416 e. The minimum Gasteiger partial charge on any atom is -0.481 e. The number of nitrogens with zero attached hydrogens (tertiary/aromatic N) is 2. The Balaban J connectivity index is 2.41. The zero-order chi connectivity index (χ0) is 17.3. The van der Waals surface area contributed by atoms with Crippen molar-refractivity contribution in [1.29, 1.82) is 0 Å². The molecule has 1 aromatic heterocycles. The lowest BCUT2D eigenvalue weighted by molar-refractivity contribution is -0.137. The Kier molecular flexibility index (Phi) is 4.46. The first-order valence-corrected chi connectivity index (χ1v) is 7.97. The van der Waals surface area contributed by atoms with Crippen LogP contribution >= 0.6 is 0 Å². The van der Waals surface area contributed by atoms with Crippen LogP contribution in [0.3, 0.4) is 0 Å². The molecule has 0 fully saturated rings. The summed E-state index contributed by atoms with van der Waals surface area (Å²) in [5, 5.41) is -0.557. The number of halogens is 3. The van der Waals surface area contributed by atoms with Gasteiger partial charge in [-0.3, -0.25) is 0 Å². The number of rotatable bonds is 4. The summed E-state index contributed by atoms with van der Waals surface area (Å²) in [7, 11) is -2.49. The Morgan fingerprint density at radius 3 is 2.30 bits per heavy atom. The monoisotopic (exact) mass is 348 g/mol. The molecule has 23 heavy (non-hydrogen) atoms. The molecule has 0 N–H and O–H groups in total. The highest BCUT2D eigenvalue weighted by molar-refractivity contribution is 7.90. The van der Waals surface area contributed by atoms with Gasteiger partial charge in [0.15, 0.2) is 0 Å². The second-order valence-corrected chi connectivity index (χ2v) is 6.34. The van der Waals surface area contributed by atoms with Gasteiger partial charge in [-0.05, 0) is 18.2 Å². The lowest BCUT2D eigenvalue weighted by atomic mass is 10.2. The fourth-order valence-corrected chi connectivity index (χ4v) is 2.07. The third-order valence-corrected chi connectivity index (χ3v) is 3.43. The van der Waals surface area contributed by atoms with Gasteiger partial charge in [-0.2, -0.15) is 23.1 Å². The highest BCUT2D eigenvalue weighted by atomic mass is 32.2. The van der Waals surface area contributed by atoms with E-state index in [0.29, 0.717) is 0 Å². The highest BCUT2D eigenvalue weighted by Gasteiger charge is 2.30. The lowest BCUT2D eigenvalue weighted by Gasteiger charge is -2.10. The summed E-state index contributed by atoms with van der Waals surface area (Å²) >= 11 is 0. The van der Waals surface area contributed by atoms with Gasteiger partial charge in [-0.25, -0.2) is 8.42 Å². The Hall–Kier alpha value is -2.36. The third kappa shape index (κ3) is 4.31. The van der Waals surface area contributed by atoms with Crippen LogP contribution in [0.4, 0.5) is 13.2 Å². The number of aromatic nitrogens is 2. The molecule has 1 aromatic carbocycles. The molecule has 1 heterocycles. The maximum Gasteiger partial charge on any atom is 0.416 e. The summed E-state index contributed by atoms with van der Waals surface area (Å²) in [5.41, 5.74) is -0.903. The van der Waals surface area contributed by atoms with E-state index in [9.17, 15) is 21.6 Å². The summed E-state index contributed by atoms with van der Waals surface area (Å²) in [6.45, 7) is 0. The standard InChI is InChI=1S/C13H11F3N2O4S/c1-21-10-7-11(18-12(17-10)23(2,19)20)22-9-5-3-4-8(6-9)13(14,15)16/h3-7H,1-2H3. The molecule has 10 heteroatoms. The number of sulfone groups is 1. The van der Waals surface area contributed by atoms with Gasteiger partial charge in [0.1, 0.15) is 5.75 Å². The van der Waals surface area contributed by atoms with Crippen molar-refractivity contribution in [3.8, 4) is 17.5 Å². The molecule has 0 amide bonds. The number of methoxy groups -OCH3 is 1. The van der Waals surface area contributed by atoms with E-state index < -0.39 is 26.7 Å². The molecule has 2 rings (SSSR count). The summed E-state index contributed by atoms with van der Waals surface area (Å²) in [6.07, 6.45) is -3.64. The maximum atomic E-state index is 12.7. The molecular formula is C13H11F3N2O4S. The lowest BCUT2D eigenvalue weighted by Crippen LogP contribution is -2.07. The molecule has 0 aliphatic rings. The molecule has 0 aliphatic carbocycles. The first-order chi connectivity index (χ1) is 10.6.